The van der Waals surface area contributed by atoms with Crippen LogP contribution in [0.4, 0.5) is 4.79 Å². The largest absolute Gasteiger partial charge is 0.466 e. The molecular formula is C15H19N3O4. The van der Waals surface area contributed by atoms with E-state index >= 15 is 0 Å². The summed E-state index contributed by atoms with van der Waals surface area (Å²) in [7, 11) is 0. The molecule has 2 aliphatic rings. The number of piperidine rings is 1. The maximum absolute atomic E-state index is 12.5. The number of hydrogen-bond acceptors (Lipinski definition) is 4. The van der Waals surface area contributed by atoms with Gasteiger partial charge in [0.2, 0.25) is 5.91 Å². The Labute approximate surface area is 128 Å². The zero-order valence-electron chi connectivity index (χ0n) is 12.7. The van der Waals surface area contributed by atoms with Crippen molar-refractivity contribution < 1.29 is 18.8 Å². The molecule has 0 atom stereocenters. The number of carbonyl (C=O) groups excluding carboxylic acids is 3. The van der Waals surface area contributed by atoms with Gasteiger partial charge in [-0.15, -0.1) is 0 Å². The fraction of sp³-hybridized carbons (Fsp3) is 0.533. The number of amides is 4. The van der Waals surface area contributed by atoms with Crippen LogP contribution in [0.3, 0.4) is 0 Å². The fourth-order valence-corrected chi connectivity index (χ4v) is 3.14. The molecule has 1 N–H and O–H groups in total. The Morgan fingerprint density at radius 1 is 1.27 bits per heavy atom. The molecule has 7 heteroatoms. The third-order valence-corrected chi connectivity index (χ3v) is 4.27. The van der Waals surface area contributed by atoms with Crippen molar-refractivity contribution in [3.05, 3.63) is 23.2 Å². The molecule has 2 fully saturated rings. The van der Waals surface area contributed by atoms with Gasteiger partial charge in [0.05, 0.1) is 12.1 Å². The van der Waals surface area contributed by atoms with Crippen molar-refractivity contribution in [3.8, 4) is 0 Å². The normalized spacial score (nSPS) is 19.7. The summed E-state index contributed by atoms with van der Waals surface area (Å²) in [4.78, 5) is 38.9. The van der Waals surface area contributed by atoms with Crippen LogP contribution in [0.5, 0.6) is 0 Å². The summed E-state index contributed by atoms with van der Waals surface area (Å²) in [6.07, 6.45) is 1.22. The Morgan fingerprint density at radius 3 is 2.45 bits per heavy atom. The first-order valence-corrected chi connectivity index (χ1v) is 7.43. The topological polar surface area (TPSA) is 82.9 Å². The van der Waals surface area contributed by atoms with Gasteiger partial charge in [0, 0.05) is 19.1 Å². The zero-order valence-corrected chi connectivity index (χ0v) is 12.7. The SMILES string of the molecule is Cc1cc(C(=O)N2CCC(N3C(=O)CNC3=O)CC2)c(C)o1. The highest BCUT2D eigenvalue weighted by Gasteiger charge is 2.37. The summed E-state index contributed by atoms with van der Waals surface area (Å²) in [5.74, 6) is 1.11. The summed E-state index contributed by atoms with van der Waals surface area (Å²) >= 11 is 0. The molecule has 2 aliphatic heterocycles. The predicted molar refractivity (Wildman–Crippen MR) is 77.4 cm³/mol. The maximum Gasteiger partial charge on any atom is 0.324 e. The first-order valence-electron chi connectivity index (χ1n) is 7.43. The summed E-state index contributed by atoms with van der Waals surface area (Å²) < 4.78 is 5.40. The van der Waals surface area contributed by atoms with Crippen molar-refractivity contribution in [2.75, 3.05) is 19.6 Å². The lowest BCUT2D eigenvalue weighted by molar-refractivity contribution is -0.127. The molecule has 3 heterocycles. The second-order valence-electron chi connectivity index (χ2n) is 5.77. The quantitative estimate of drug-likeness (QED) is 0.828. The van der Waals surface area contributed by atoms with Crippen molar-refractivity contribution in [1.29, 1.82) is 0 Å². The van der Waals surface area contributed by atoms with Crippen LogP contribution in [-0.4, -0.2) is 53.3 Å². The first-order chi connectivity index (χ1) is 10.5. The van der Waals surface area contributed by atoms with Gasteiger partial charge in [0.25, 0.3) is 5.91 Å². The molecule has 22 heavy (non-hydrogen) atoms. The average Bonchev–Trinajstić information content (AvgIpc) is 3.00. The van der Waals surface area contributed by atoms with Gasteiger partial charge in [0.1, 0.15) is 11.5 Å². The second kappa shape index (κ2) is 5.47. The molecular weight excluding hydrogens is 286 g/mol. The average molecular weight is 305 g/mol. The summed E-state index contributed by atoms with van der Waals surface area (Å²) in [6, 6.07) is 1.31. The van der Waals surface area contributed by atoms with Crippen LogP contribution in [0, 0.1) is 13.8 Å². The molecule has 0 unspecified atom stereocenters. The lowest BCUT2D eigenvalue weighted by Gasteiger charge is -2.35. The predicted octanol–water partition coefficient (Wildman–Crippen LogP) is 1.05. The molecule has 1 aromatic heterocycles. The van der Waals surface area contributed by atoms with Crippen molar-refractivity contribution in [2.24, 2.45) is 0 Å². The summed E-state index contributed by atoms with van der Waals surface area (Å²) in [5, 5.41) is 2.53. The smallest absolute Gasteiger partial charge is 0.324 e. The number of nitrogens with zero attached hydrogens (tertiary/aromatic N) is 2. The van der Waals surface area contributed by atoms with Crippen LogP contribution < -0.4 is 5.32 Å². The monoisotopic (exact) mass is 305 g/mol. The van der Waals surface area contributed by atoms with Gasteiger partial charge in [-0.05, 0) is 32.8 Å². The number of imide groups is 1. The second-order valence-corrected chi connectivity index (χ2v) is 5.77. The zero-order chi connectivity index (χ0) is 15.9. The first kappa shape index (κ1) is 14.6. The molecule has 0 radical (unpaired) electrons. The maximum atomic E-state index is 12.5. The van der Waals surface area contributed by atoms with Crippen molar-refractivity contribution in [1.82, 2.24) is 15.1 Å². The van der Waals surface area contributed by atoms with Gasteiger partial charge in [-0.2, -0.15) is 0 Å². The van der Waals surface area contributed by atoms with Crippen molar-refractivity contribution >= 4 is 17.8 Å². The van der Waals surface area contributed by atoms with E-state index in [9.17, 15) is 14.4 Å². The lowest BCUT2D eigenvalue weighted by atomic mass is 10.0. The van der Waals surface area contributed by atoms with E-state index in [1.54, 1.807) is 17.9 Å². The highest BCUT2D eigenvalue weighted by molar-refractivity contribution is 6.02. The van der Waals surface area contributed by atoms with Crippen LogP contribution in [0.1, 0.15) is 34.7 Å². The number of nitrogens with one attached hydrogen (secondary N) is 1. The minimum atomic E-state index is -0.323. The molecule has 0 spiro atoms. The third-order valence-electron chi connectivity index (χ3n) is 4.27. The highest BCUT2D eigenvalue weighted by Crippen LogP contribution is 2.22. The van der Waals surface area contributed by atoms with Gasteiger partial charge >= 0.3 is 6.03 Å². The minimum absolute atomic E-state index is 0.0509. The van der Waals surface area contributed by atoms with E-state index < -0.39 is 0 Å². The molecule has 0 bridgehead atoms. The number of rotatable bonds is 2. The van der Waals surface area contributed by atoms with Gasteiger partial charge in [-0.25, -0.2) is 4.79 Å². The van der Waals surface area contributed by atoms with E-state index in [2.05, 4.69) is 5.32 Å². The lowest BCUT2D eigenvalue weighted by Crippen LogP contribution is -2.49. The molecule has 3 rings (SSSR count). The number of likely N-dealkylation sites (tertiary alicyclic amines) is 1. The van der Waals surface area contributed by atoms with E-state index in [1.807, 2.05) is 6.92 Å². The molecule has 2 saturated heterocycles. The highest BCUT2D eigenvalue weighted by atomic mass is 16.3. The molecule has 4 amide bonds. The Morgan fingerprint density at radius 2 is 1.95 bits per heavy atom. The molecule has 1 aromatic rings. The number of urea groups is 1. The van der Waals surface area contributed by atoms with Crippen LogP contribution >= 0.6 is 0 Å². The van der Waals surface area contributed by atoms with Crippen LogP contribution in [0.25, 0.3) is 0 Å². The molecule has 0 aromatic carbocycles. The summed E-state index contributed by atoms with van der Waals surface area (Å²) in [6.45, 7) is 4.73. The number of furan rings is 1. The minimum Gasteiger partial charge on any atom is -0.466 e. The van der Waals surface area contributed by atoms with E-state index in [1.165, 1.54) is 4.90 Å². The van der Waals surface area contributed by atoms with Crippen LogP contribution in [0.15, 0.2) is 10.5 Å². The Balaban J connectivity index is 1.64. The summed E-state index contributed by atoms with van der Waals surface area (Å²) in [5.41, 5.74) is 0.589. The molecule has 0 aliphatic carbocycles. The molecule has 7 nitrogen and oxygen atoms in total. The molecule has 118 valence electrons. The van der Waals surface area contributed by atoms with Crippen molar-refractivity contribution in [2.45, 2.75) is 32.7 Å². The van der Waals surface area contributed by atoms with Crippen molar-refractivity contribution in [3.63, 3.8) is 0 Å². The third kappa shape index (κ3) is 2.47. The van der Waals surface area contributed by atoms with E-state index in [0.717, 1.165) is 5.76 Å². The van der Waals surface area contributed by atoms with Gasteiger partial charge in [0.15, 0.2) is 0 Å². The number of carbonyl (C=O) groups is 3. The van der Waals surface area contributed by atoms with Gasteiger partial charge in [-0.3, -0.25) is 14.5 Å². The molecule has 0 saturated carbocycles. The number of hydrogen-bond donors (Lipinski definition) is 1. The fourth-order valence-electron chi connectivity index (χ4n) is 3.14. The van der Waals surface area contributed by atoms with E-state index in [4.69, 9.17) is 4.42 Å². The Bertz CT molecular complexity index is 613. The van der Waals surface area contributed by atoms with Crippen LogP contribution in [-0.2, 0) is 4.79 Å². The standard InChI is InChI=1S/C15H19N3O4/c1-9-7-12(10(2)22-9)14(20)17-5-3-11(4-6-17)18-13(19)8-16-15(18)21/h7,11H,3-6,8H2,1-2H3,(H,16,21). The van der Waals surface area contributed by atoms with Crippen LogP contribution in [0.2, 0.25) is 0 Å². The van der Waals surface area contributed by atoms with E-state index in [-0.39, 0.29) is 30.4 Å². The van der Waals surface area contributed by atoms with Gasteiger partial charge in [-0.1, -0.05) is 0 Å². The Hall–Kier alpha value is -2.31. The van der Waals surface area contributed by atoms with Gasteiger partial charge < -0.3 is 14.6 Å². The Kier molecular flexibility index (Phi) is 3.64. The van der Waals surface area contributed by atoms with E-state index in [0.29, 0.717) is 37.3 Å². The number of aryl methyl sites for hydroxylation is 2.